The van der Waals surface area contributed by atoms with E-state index in [-0.39, 0.29) is 35.5 Å². The fourth-order valence-corrected chi connectivity index (χ4v) is 2.16. The molecule has 0 aliphatic rings. The third-order valence-corrected chi connectivity index (χ3v) is 3.36. The summed E-state index contributed by atoms with van der Waals surface area (Å²) in [4.78, 5) is 15.6. The maximum Gasteiger partial charge on any atom is 0.258 e. The van der Waals surface area contributed by atoms with Crippen LogP contribution in [0.5, 0.6) is 5.75 Å². The van der Waals surface area contributed by atoms with E-state index in [2.05, 4.69) is 10.1 Å². The molecule has 0 atom stereocenters. The first-order chi connectivity index (χ1) is 11.5. The number of rotatable bonds is 5. The Balaban J connectivity index is 1.74. The lowest BCUT2D eigenvalue weighted by atomic mass is 10.2. The Morgan fingerprint density at radius 3 is 2.71 bits per heavy atom. The zero-order valence-corrected chi connectivity index (χ0v) is 13.0. The number of nitrogens with zero attached hydrogens (tertiary/aromatic N) is 2. The van der Waals surface area contributed by atoms with Crippen molar-refractivity contribution in [1.82, 2.24) is 10.1 Å². The average Bonchev–Trinajstić information content (AvgIpc) is 3.03. The monoisotopic (exact) mass is 347 g/mol. The van der Waals surface area contributed by atoms with Crippen LogP contribution in [0, 0.1) is 5.82 Å². The van der Waals surface area contributed by atoms with Gasteiger partial charge in [-0.1, -0.05) is 16.8 Å². The van der Waals surface area contributed by atoms with Gasteiger partial charge in [-0.15, -0.1) is 0 Å². The third kappa shape index (κ3) is 3.52. The number of primary amides is 1. The van der Waals surface area contributed by atoms with Gasteiger partial charge in [-0.25, -0.2) is 4.39 Å². The largest absolute Gasteiger partial charge is 0.485 e. The van der Waals surface area contributed by atoms with E-state index in [0.717, 1.165) is 0 Å². The fraction of sp³-hybridized carbons (Fsp3) is 0.0625. The minimum atomic E-state index is -0.660. The minimum Gasteiger partial charge on any atom is -0.485 e. The first-order valence-electron chi connectivity index (χ1n) is 6.83. The molecule has 0 aliphatic heterocycles. The Morgan fingerprint density at radius 2 is 2.00 bits per heavy atom. The van der Waals surface area contributed by atoms with Crippen molar-refractivity contribution in [2.24, 2.45) is 5.73 Å². The third-order valence-electron chi connectivity index (χ3n) is 3.12. The van der Waals surface area contributed by atoms with Gasteiger partial charge in [-0.05, 0) is 42.5 Å². The van der Waals surface area contributed by atoms with Crippen LogP contribution in [0.4, 0.5) is 4.39 Å². The van der Waals surface area contributed by atoms with E-state index in [1.54, 1.807) is 6.07 Å². The molecule has 3 aromatic rings. The number of nitrogens with two attached hydrogens (primary N) is 1. The first kappa shape index (κ1) is 15.9. The van der Waals surface area contributed by atoms with Crippen LogP contribution in [0.1, 0.15) is 16.2 Å². The van der Waals surface area contributed by atoms with Gasteiger partial charge in [0.2, 0.25) is 5.82 Å². The summed E-state index contributed by atoms with van der Waals surface area (Å²) in [6.45, 7) is -0.0351. The first-order valence-corrected chi connectivity index (χ1v) is 7.21. The Bertz CT molecular complexity index is 881. The summed E-state index contributed by atoms with van der Waals surface area (Å²) in [5.74, 6) is -0.254. The Hall–Kier alpha value is -2.93. The standard InChI is InChI=1S/C16H11ClFN3O3/c17-10-3-6-13(12(7-10)15(19)22)23-8-14-20-16(24-21-14)9-1-4-11(18)5-2-9/h1-7H,8H2,(H2,19,22). The maximum atomic E-state index is 12.9. The maximum absolute atomic E-state index is 12.9. The lowest BCUT2D eigenvalue weighted by Gasteiger charge is -2.07. The van der Waals surface area contributed by atoms with Crippen LogP contribution >= 0.6 is 11.6 Å². The van der Waals surface area contributed by atoms with Crippen molar-refractivity contribution in [3.05, 3.63) is 64.7 Å². The number of aromatic nitrogens is 2. The molecule has 0 saturated carbocycles. The summed E-state index contributed by atoms with van der Waals surface area (Å²) in [7, 11) is 0. The summed E-state index contributed by atoms with van der Waals surface area (Å²) in [6.07, 6.45) is 0. The second-order valence-electron chi connectivity index (χ2n) is 4.82. The van der Waals surface area contributed by atoms with Crippen molar-refractivity contribution in [3.8, 4) is 17.2 Å². The summed E-state index contributed by atoms with van der Waals surface area (Å²) >= 11 is 5.83. The Labute approximate surface area is 141 Å². The van der Waals surface area contributed by atoms with Gasteiger partial charge in [0.15, 0.2) is 6.61 Å². The number of hydrogen-bond acceptors (Lipinski definition) is 5. The summed E-state index contributed by atoms with van der Waals surface area (Å²) in [5.41, 5.74) is 6.03. The molecule has 0 fully saturated rings. The molecule has 24 heavy (non-hydrogen) atoms. The molecule has 2 aromatic carbocycles. The molecule has 0 spiro atoms. The van der Waals surface area contributed by atoms with Gasteiger partial charge in [-0.3, -0.25) is 4.79 Å². The van der Waals surface area contributed by atoms with Crippen LogP contribution < -0.4 is 10.5 Å². The zero-order valence-electron chi connectivity index (χ0n) is 12.2. The molecule has 0 aliphatic carbocycles. The highest BCUT2D eigenvalue weighted by molar-refractivity contribution is 6.31. The highest BCUT2D eigenvalue weighted by atomic mass is 35.5. The average molecular weight is 348 g/mol. The Kier molecular flexibility index (Phi) is 4.43. The quantitative estimate of drug-likeness (QED) is 0.765. The van der Waals surface area contributed by atoms with Gasteiger partial charge in [-0.2, -0.15) is 4.98 Å². The van der Waals surface area contributed by atoms with Crippen LogP contribution in [0.3, 0.4) is 0 Å². The SMILES string of the molecule is NC(=O)c1cc(Cl)ccc1OCc1noc(-c2ccc(F)cc2)n1. The second kappa shape index (κ2) is 6.67. The normalized spacial score (nSPS) is 10.6. The van der Waals surface area contributed by atoms with Gasteiger partial charge in [0.1, 0.15) is 11.6 Å². The van der Waals surface area contributed by atoms with Crippen molar-refractivity contribution in [1.29, 1.82) is 0 Å². The van der Waals surface area contributed by atoms with Gasteiger partial charge < -0.3 is 15.0 Å². The molecule has 8 heteroatoms. The number of hydrogen-bond donors (Lipinski definition) is 1. The van der Waals surface area contributed by atoms with Crippen molar-refractivity contribution < 1.29 is 18.4 Å². The lowest BCUT2D eigenvalue weighted by Crippen LogP contribution is -2.13. The van der Waals surface area contributed by atoms with E-state index < -0.39 is 5.91 Å². The molecule has 1 aromatic heterocycles. The summed E-state index contributed by atoms with van der Waals surface area (Å²) in [5, 5.41) is 4.14. The predicted octanol–water partition coefficient (Wildman–Crippen LogP) is 3.21. The highest BCUT2D eigenvalue weighted by Crippen LogP contribution is 2.24. The minimum absolute atomic E-state index is 0.0351. The number of benzene rings is 2. The predicted molar refractivity (Wildman–Crippen MR) is 84.0 cm³/mol. The lowest BCUT2D eigenvalue weighted by molar-refractivity contribution is 0.0995. The van der Waals surface area contributed by atoms with Crippen molar-refractivity contribution in [2.75, 3.05) is 0 Å². The molecule has 2 N–H and O–H groups in total. The molecule has 1 heterocycles. The summed E-state index contributed by atoms with van der Waals surface area (Å²) < 4.78 is 23.5. The molecule has 0 radical (unpaired) electrons. The highest BCUT2D eigenvalue weighted by Gasteiger charge is 2.13. The second-order valence-corrected chi connectivity index (χ2v) is 5.25. The molecule has 0 unspecified atom stereocenters. The molecular formula is C16H11ClFN3O3. The number of carbonyl (C=O) groups excluding carboxylic acids is 1. The summed E-state index contributed by atoms with van der Waals surface area (Å²) in [6, 6.07) is 10.2. The van der Waals surface area contributed by atoms with Crippen molar-refractivity contribution in [2.45, 2.75) is 6.61 Å². The molecule has 6 nitrogen and oxygen atoms in total. The van der Waals surface area contributed by atoms with Gasteiger partial charge >= 0.3 is 0 Å². The van der Waals surface area contributed by atoms with E-state index in [1.807, 2.05) is 0 Å². The van der Waals surface area contributed by atoms with Crippen LogP contribution in [0.2, 0.25) is 5.02 Å². The van der Waals surface area contributed by atoms with Gasteiger partial charge in [0.25, 0.3) is 11.8 Å². The smallest absolute Gasteiger partial charge is 0.258 e. The van der Waals surface area contributed by atoms with Crippen molar-refractivity contribution in [3.63, 3.8) is 0 Å². The molecule has 3 rings (SSSR count). The van der Waals surface area contributed by atoms with Crippen molar-refractivity contribution >= 4 is 17.5 Å². The molecular weight excluding hydrogens is 337 g/mol. The van der Waals surface area contributed by atoms with E-state index in [9.17, 15) is 9.18 Å². The van der Waals surface area contributed by atoms with E-state index in [1.165, 1.54) is 36.4 Å². The number of halogens is 2. The number of amides is 1. The van der Waals surface area contributed by atoms with E-state index >= 15 is 0 Å². The van der Waals surface area contributed by atoms with Crippen LogP contribution in [-0.4, -0.2) is 16.0 Å². The van der Waals surface area contributed by atoms with Crippen LogP contribution in [-0.2, 0) is 6.61 Å². The molecule has 1 amide bonds. The fourth-order valence-electron chi connectivity index (χ4n) is 1.99. The van der Waals surface area contributed by atoms with Crippen LogP contribution in [0.15, 0.2) is 47.0 Å². The molecule has 0 saturated heterocycles. The molecule has 122 valence electrons. The van der Waals surface area contributed by atoms with Gasteiger partial charge in [0.05, 0.1) is 5.56 Å². The van der Waals surface area contributed by atoms with Gasteiger partial charge in [0, 0.05) is 10.6 Å². The molecule has 0 bridgehead atoms. The zero-order chi connectivity index (χ0) is 17.1. The number of carbonyl (C=O) groups is 1. The topological polar surface area (TPSA) is 91.2 Å². The van der Waals surface area contributed by atoms with E-state index in [4.69, 9.17) is 26.6 Å². The Morgan fingerprint density at radius 1 is 1.25 bits per heavy atom. The van der Waals surface area contributed by atoms with Crippen LogP contribution in [0.25, 0.3) is 11.5 Å². The van der Waals surface area contributed by atoms with E-state index in [0.29, 0.717) is 10.6 Å². The number of ether oxygens (including phenoxy) is 1.